The third-order valence-corrected chi connectivity index (χ3v) is 2.92. The zero-order chi connectivity index (χ0) is 11.8. The lowest BCUT2D eigenvalue weighted by molar-refractivity contribution is 0.530. The first-order chi connectivity index (χ1) is 8.24. The van der Waals surface area contributed by atoms with Crippen molar-refractivity contribution in [1.29, 1.82) is 0 Å². The maximum Gasteiger partial charge on any atom is 0.208 e. The summed E-state index contributed by atoms with van der Waals surface area (Å²) in [4.78, 5) is 4.33. The number of anilines is 1. The second-order valence-electron chi connectivity index (χ2n) is 4.79. The fourth-order valence-corrected chi connectivity index (χ4v) is 1.75. The zero-order valence-electron chi connectivity index (χ0n) is 10.2. The summed E-state index contributed by atoms with van der Waals surface area (Å²) in [6.45, 7) is 4.24. The molecule has 2 heterocycles. The summed E-state index contributed by atoms with van der Waals surface area (Å²) >= 11 is 0. The number of nitrogens with one attached hydrogen (secondary N) is 1. The molecule has 0 spiro atoms. The number of aromatic nitrogens is 4. The SMILES string of the molecule is CC(C)n1ccc(-n2ccnc2NC2CC2)n1. The van der Waals surface area contributed by atoms with Gasteiger partial charge in [0.05, 0.1) is 0 Å². The molecular weight excluding hydrogens is 214 g/mol. The first-order valence-corrected chi connectivity index (χ1v) is 6.09. The van der Waals surface area contributed by atoms with Crippen LogP contribution in [0, 0.1) is 0 Å². The van der Waals surface area contributed by atoms with Gasteiger partial charge in [0.25, 0.3) is 0 Å². The second-order valence-corrected chi connectivity index (χ2v) is 4.79. The summed E-state index contributed by atoms with van der Waals surface area (Å²) in [5.74, 6) is 1.81. The van der Waals surface area contributed by atoms with E-state index < -0.39 is 0 Å². The van der Waals surface area contributed by atoms with Crippen molar-refractivity contribution >= 4 is 5.95 Å². The van der Waals surface area contributed by atoms with Crippen LogP contribution in [-0.2, 0) is 0 Å². The maximum atomic E-state index is 4.54. The van der Waals surface area contributed by atoms with Crippen LogP contribution in [0.4, 0.5) is 5.95 Å². The summed E-state index contributed by atoms with van der Waals surface area (Å²) in [5, 5.41) is 7.94. The van der Waals surface area contributed by atoms with E-state index >= 15 is 0 Å². The Labute approximate surface area is 100 Å². The van der Waals surface area contributed by atoms with Gasteiger partial charge in [0.15, 0.2) is 5.82 Å². The minimum Gasteiger partial charge on any atom is -0.353 e. The maximum absolute atomic E-state index is 4.54. The highest BCUT2D eigenvalue weighted by molar-refractivity contribution is 5.38. The van der Waals surface area contributed by atoms with Gasteiger partial charge in [0, 0.05) is 36.7 Å². The van der Waals surface area contributed by atoms with Crippen molar-refractivity contribution in [2.24, 2.45) is 0 Å². The lowest BCUT2D eigenvalue weighted by Gasteiger charge is -2.07. The van der Waals surface area contributed by atoms with Crippen LogP contribution in [0.15, 0.2) is 24.7 Å². The van der Waals surface area contributed by atoms with Crippen molar-refractivity contribution in [3.8, 4) is 5.82 Å². The van der Waals surface area contributed by atoms with Crippen LogP contribution < -0.4 is 5.32 Å². The predicted molar refractivity (Wildman–Crippen MR) is 66.4 cm³/mol. The van der Waals surface area contributed by atoms with Crippen molar-refractivity contribution < 1.29 is 0 Å². The quantitative estimate of drug-likeness (QED) is 0.877. The Morgan fingerprint density at radius 3 is 2.82 bits per heavy atom. The van der Waals surface area contributed by atoms with E-state index in [0.29, 0.717) is 12.1 Å². The molecule has 5 heteroatoms. The Morgan fingerprint density at radius 1 is 1.35 bits per heavy atom. The fraction of sp³-hybridized carbons (Fsp3) is 0.500. The van der Waals surface area contributed by atoms with Crippen molar-refractivity contribution in [2.75, 3.05) is 5.32 Å². The Hall–Kier alpha value is -1.78. The average Bonchev–Trinajstić information content (AvgIpc) is 2.80. The molecule has 17 heavy (non-hydrogen) atoms. The molecule has 0 saturated heterocycles. The molecule has 3 rings (SSSR count). The number of imidazole rings is 1. The van der Waals surface area contributed by atoms with Gasteiger partial charge < -0.3 is 5.32 Å². The van der Waals surface area contributed by atoms with Gasteiger partial charge >= 0.3 is 0 Å². The summed E-state index contributed by atoms with van der Waals surface area (Å²) in [5.41, 5.74) is 0. The van der Waals surface area contributed by atoms with Gasteiger partial charge in [-0.25, -0.2) is 4.98 Å². The molecule has 0 atom stereocenters. The molecule has 1 N–H and O–H groups in total. The molecule has 0 aliphatic heterocycles. The molecule has 0 aromatic carbocycles. The van der Waals surface area contributed by atoms with Crippen molar-refractivity contribution in [2.45, 2.75) is 38.8 Å². The summed E-state index contributed by atoms with van der Waals surface area (Å²) < 4.78 is 3.95. The minimum atomic E-state index is 0.382. The lowest BCUT2D eigenvalue weighted by atomic mass is 10.4. The second kappa shape index (κ2) is 3.91. The summed E-state index contributed by atoms with van der Waals surface area (Å²) in [6, 6.07) is 3.00. The highest BCUT2D eigenvalue weighted by atomic mass is 15.4. The molecule has 1 aliphatic rings. The fourth-order valence-electron chi connectivity index (χ4n) is 1.75. The van der Waals surface area contributed by atoms with E-state index in [1.807, 2.05) is 27.7 Å². The highest BCUT2D eigenvalue weighted by Crippen LogP contribution is 2.24. The first kappa shape index (κ1) is 10.4. The molecule has 1 saturated carbocycles. The van der Waals surface area contributed by atoms with Crippen molar-refractivity contribution in [3.63, 3.8) is 0 Å². The normalized spacial score (nSPS) is 15.5. The van der Waals surface area contributed by atoms with Crippen LogP contribution in [0.1, 0.15) is 32.7 Å². The van der Waals surface area contributed by atoms with Gasteiger partial charge in [-0.1, -0.05) is 0 Å². The van der Waals surface area contributed by atoms with Gasteiger partial charge in [-0.3, -0.25) is 9.25 Å². The van der Waals surface area contributed by atoms with Gasteiger partial charge in [-0.2, -0.15) is 5.10 Å². The molecule has 90 valence electrons. The van der Waals surface area contributed by atoms with Crippen LogP contribution in [0.2, 0.25) is 0 Å². The zero-order valence-corrected chi connectivity index (χ0v) is 10.2. The first-order valence-electron chi connectivity index (χ1n) is 6.09. The Morgan fingerprint density at radius 2 is 2.18 bits per heavy atom. The molecule has 0 unspecified atom stereocenters. The molecular formula is C12H17N5. The number of hydrogen-bond acceptors (Lipinski definition) is 3. The van der Waals surface area contributed by atoms with Gasteiger partial charge in [0.1, 0.15) is 0 Å². The van der Waals surface area contributed by atoms with E-state index in [4.69, 9.17) is 0 Å². The standard InChI is InChI=1S/C12H17N5/c1-9(2)17-7-5-11(15-17)16-8-6-13-12(16)14-10-3-4-10/h5-10H,3-4H2,1-2H3,(H,13,14). The van der Waals surface area contributed by atoms with E-state index in [-0.39, 0.29) is 0 Å². The topological polar surface area (TPSA) is 47.7 Å². The van der Waals surface area contributed by atoms with Crippen LogP contribution in [0.3, 0.4) is 0 Å². The van der Waals surface area contributed by atoms with Crippen LogP contribution in [-0.4, -0.2) is 25.4 Å². The predicted octanol–water partition coefficient (Wildman–Crippen LogP) is 2.22. The Kier molecular flexibility index (Phi) is 2.39. The molecule has 1 aliphatic carbocycles. The number of hydrogen-bond donors (Lipinski definition) is 1. The van der Waals surface area contributed by atoms with E-state index in [9.17, 15) is 0 Å². The third kappa shape index (κ3) is 2.05. The van der Waals surface area contributed by atoms with E-state index in [1.165, 1.54) is 12.8 Å². The molecule has 2 aromatic rings. The lowest BCUT2D eigenvalue weighted by Crippen LogP contribution is -2.09. The van der Waals surface area contributed by atoms with E-state index in [1.54, 1.807) is 6.20 Å². The van der Waals surface area contributed by atoms with Crippen molar-refractivity contribution in [1.82, 2.24) is 19.3 Å². The molecule has 0 amide bonds. The average molecular weight is 231 g/mol. The van der Waals surface area contributed by atoms with Gasteiger partial charge in [0.2, 0.25) is 5.95 Å². The molecule has 0 radical (unpaired) electrons. The molecule has 0 bridgehead atoms. The summed E-state index contributed by atoms with van der Waals surface area (Å²) in [6.07, 6.45) is 8.23. The smallest absolute Gasteiger partial charge is 0.208 e. The molecule has 2 aromatic heterocycles. The highest BCUT2D eigenvalue weighted by Gasteiger charge is 2.23. The number of rotatable bonds is 4. The molecule has 5 nitrogen and oxygen atoms in total. The third-order valence-electron chi connectivity index (χ3n) is 2.92. The molecule has 1 fully saturated rings. The Balaban J connectivity index is 1.88. The monoisotopic (exact) mass is 231 g/mol. The summed E-state index contributed by atoms with van der Waals surface area (Å²) in [7, 11) is 0. The van der Waals surface area contributed by atoms with Gasteiger partial charge in [-0.05, 0) is 26.7 Å². The van der Waals surface area contributed by atoms with Crippen LogP contribution in [0.25, 0.3) is 5.82 Å². The van der Waals surface area contributed by atoms with Crippen molar-refractivity contribution in [3.05, 3.63) is 24.7 Å². The van der Waals surface area contributed by atoms with E-state index in [2.05, 4.69) is 29.2 Å². The van der Waals surface area contributed by atoms with E-state index in [0.717, 1.165) is 11.8 Å². The largest absolute Gasteiger partial charge is 0.353 e. The van der Waals surface area contributed by atoms with Crippen LogP contribution in [0.5, 0.6) is 0 Å². The Bertz CT molecular complexity index is 506. The van der Waals surface area contributed by atoms with Crippen LogP contribution >= 0.6 is 0 Å². The van der Waals surface area contributed by atoms with Gasteiger partial charge in [-0.15, -0.1) is 0 Å². The number of nitrogens with zero attached hydrogens (tertiary/aromatic N) is 4. The minimum absolute atomic E-state index is 0.382.